The Hall–Kier alpha value is -1.93. The Morgan fingerprint density at radius 1 is 1.50 bits per heavy atom. The summed E-state index contributed by atoms with van der Waals surface area (Å²) in [6.45, 7) is 3.76. The van der Waals surface area contributed by atoms with Gasteiger partial charge in [-0.05, 0) is 6.92 Å². The van der Waals surface area contributed by atoms with E-state index < -0.39 is 0 Å². The van der Waals surface area contributed by atoms with E-state index >= 15 is 0 Å². The summed E-state index contributed by atoms with van der Waals surface area (Å²) in [7, 11) is 1.82. The van der Waals surface area contributed by atoms with E-state index in [-0.39, 0.29) is 12.1 Å². The summed E-state index contributed by atoms with van der Waals surface area (Å²) < 4.78 is 12.7. The molecule has 1 fully saturated rings. The second-order valence-electron chi connectivity index (χ2n) is 4.72. The number of aromatic nitrogens is 4. The molecule has 1 aliphatic heterocycles. The molecule has 0 aliphatic carbocycles. The lowest BCUT2D eigenvalue weighted by Gasteiger charge is -2.18. The van der Waals surface area contributed by atoms with Gasteiger partial charge in [0.25, 0.3) is 0 Å². The lowest BCUT2D eigenvalue weighted by molar-refractivity contribution is 0.0477. The minimum atomic E-state index is 0.00654. The fourth-order valence-electron chi connectivity index (χ4n) is 2.32. The van der Waals surface area contributed by atoms with Crippen molar-refractivity contribution in [3.05, 3.63) is 6.20 Å². The Morgan fingerprint density at radius 2 is 2.35 bits per heavy atom. The van der Waals surface area contributed by atoms with Gasteiger partial charge in [-0.2, -0.15) is 15.1 Å². The molecule has 1 saturated heterocycles. The molecule has 2 atom stereocenters. The molecule has 0 radical (unpaired) electrons. The minimum Gasteiger partial charge on any atom is -0.383 e. The summed E-state index contributed by atoms with van der Waals surface area (Å²) in [5.74, 6) is 0.885. The topological polar surface area (TPSA) is 100 Å². The van der Waals surface area contributed by atoms with Crippen LogP contribution in [0.25, 0.3) is 11.0 Å². The highest BCUT2D eigenvalue weighted by Crippen LogP contribution is 2.20. The number of fused-ring (bicyclic) bond motifs is 1. The van der Waals surface area contributed by atoms with Crippen molar-refractivity contribution in [2.45, 2.75) is 19.1 Å². The largest absolute Gasteiger partial charge is 0.383 e. The Bertz CT molecular complexity index is 613. The summed E-state index contributed by atoms with van der Waals surface area (Å²) in [4.78, 5) is 8.70. The van der Waals surface area contributed by atoms with Crippen molar-refractivity contribution in [2.75, 3.05) is 30.9 Å². The SMILES string of the molecule is CCO[C@H]1COC[C@@H]1Nc1nc(N)c2cnn(C)c2n1. The third-order valence-corrected chi connectivity index (χ3v) is 3.35. The predicted molar refractivity (Wildman–Crippen MR) is 74.4 cm³/mol. The molecule has 108 valence electrons. The van der Waals surface area contributed by atoms with Gasteiger partial charge in [-0.25, -0.2) is 0 Å². The number of ether oxygens (including phenoxy) is 2. The van der Waals surface area contributed by atoms with Crippen LogP contribution in [-0.4, -0.2) is 51.7 Å². The Morgan fingerprint density at radius 3 is 3.15 bits per heavy atom. The molecule has 0 unspecified atom stereocenters. The zero-order chi connectivity index (χ0) is 14.1. The number of rotatable bonds is 4. The van der Waals surface area contributed by atoms with Crippen LogP contribution in [0.2, 0.25) is 0 Å². The van der Waals surface area contributed by atoms with Gasteiger partial charge in [-0.15, -0.1) is 0 Å². The molecule has 0 aromatic carbocycles. The molecule has 3 heterocycles. The maximum atomic E-state index is 5.93. The van der Waals surface area contributed by atoms with Crippen molar-refractivity contribution >= 4 is 22.8 Å². The summed E-state index contributed by atoms with van der Waals surface area (Å²) in [6.07, 6.45) is 1.67. The van der Waals surface area contributed by atoms with Gasteiger partial charge in [-0.1, -0.05) is 0 Å². The zero-order valence-electron chi connectivity index (χ0n) is 11.5. The maximum Gasteiger partial charge on any atom is 0.227 e. The first-order chi connectivity index (χ1) is 9.69. The van der Waals surface area contributed by atoms with E-state index in [0.29, 0.717) is 37.2 Å². The van der Waals surface area contributed by atoms with Crippen molar-refractivity contribution in [3.63, 3.8) is 0 Å². The molecule has 0 bridgehead atoms. The number of hydrogen-bond donors (Lipinski definition) is 2. The third-order valence-electron chi connectivity index (χ3n) is 3.35. The first-order valence-electron chi connectivity index (χ1n) is 6.60. The molecular formula is C12H18N6O2. The molecule has 3 N–H and O–H groups in total. The smallest absolute Gasteiger partial charge is 0.227 e. The van der Waals surface area contributed by atoms with E-state index in [1.54, 1.807) is 10.9 Å². The molecule has 8 nitrogen and oxygen atoms in total. The van der Waals surface area contributed by atoms with Crippen LogP contribution < -0.4 is 11.1 Å². The van der Waals surface area contributed by atoms with Crippen molar-refractivity contribution in [2.24, 2.45) is 7.05 Å². The van der Waals surface area contributed by atoms with Gasteiger partial charge in [0.15, 0.2) is 5.65 Å². The predicted octanol–water partition coefficient (Wildman–Crippen LogP) is 0.161. The summed E-state index contributed by atoms with van der Waals surface area (Å²) >= 11 is 0. The van der Waals surface area contributed by atoms with Gasteiger partial charge in [0.1, 0.15) is 11.9 Å². The molecule has 0 amide bonds. The number of nitrogens with zero attached hydrogens (tertiary/aromatic N) is 4. The van der Waals surface area contributed by atoms with Crippen LogP contribution in [0.5, 0.6) is 0 Å². The number of aryl methyl sites for hydroxylation is 1. The third kappa shape index (κ3) is 2.27. The number of nitrogens with one attached hydrogen (secondary N) is 1. The normalized spacial score (nSPS) is 22.5. The highest BCUT2D eigenvalue weighted by molar-refractivity contribution is 5.86. The number of nitrogen functional groups attached to an aromatic ring is 1. The van der Waals surface area contributed by atoms with Gasteiger partial charge in [-0.3, -0.25) is 4.68 Å². The van der Waals surface area contributed by atoms with E-state index in [0.717, 1.165) is 5.39 Å². The van der Waals surface area contributed by atoms with Crippen LogP contribution in [0, 0.1) is 0 Å². The number of nitrogens with two attached hydrogens (primary N) is 1. The lowest BCUT2D eigenvalue weighted by atomic mass is 10.2. The molecule has 0 spiro atoms. The van der Waals surface area contributed by atoms with Crippen LogP contribution in [0.4, 0.5) is 11.8 Å². The Kier molecular flexibility index (Phi) is 3.41. The molecule has 0 saturated carbocycles. The van der Waals surface area contributed by atoms with Crippen molar-refractivity contribution < 1.29 is 9.47 Å². The van der Waals surface area contributed by atoms with E-state index in [2.05, 4.69) is 20.4 Å². The standard InChI is InChI=1S/C12H18N6O2/c1-3-20-9-6-19-5-8(9)15-12-16-10(13)7-4-14-18(2)11(7)17-12/h4,8-9H,3,5-6H2,1-2H3,(H3,13,15,16,17)/t8-,9-/m0/s1. The number of hydrogen-bond acceptors (Lipinski definition) is 7. The van der Waals surface area contributed by atoms with E-state index in [9.17, 15) is 0 Å². The van der Waals surface area contributed by atoms with Gasteiger partial charge in [0.2, 0.25) is 5.95 Å². The van der Waals surface area contributed by atoms with Crippen molar-refractivity contribution in [3.8, 4) is 0 Å². The fourth-order valence-corrected chi connectivity index (χ4v) is 2.32. The first-order valence-corrected chi connectivity index (χ1v) is 6.60. The van der Waals surface area contributed by atoms with Crippen LogP contribution in [0.15, 0.2) is 6.20 Å². The zero-order valence-corrected chi connectivity index (χ0v) is 11.5. The lowest BCUT2D eigenvalue weighted by Crippen LogP contribution is -2.35. The second kappa shape index (κ2) is 5.22. The van der Waals surface area contributed by atoms with E-state index in [4.69, 9.17) is 15.2 Å². The fraction of sp³-hybridized carbons (Fsp3) is 0.583. The van der Waals surface area contributed by atoms with Crippen LogP contribution in [-0.2, 0) is 16.5 Å². The van der Waals surface area contributed by atoms with Gasteiger partial charge in [0.05, 0.1) is 30.8 Å². The average Bonchev–Trinajstić information content (AvgIpc) is 2.99. The van der Waals surface area contributed by atoms with Gasteiger partial charge >= 0.3 is 0 Å². The van der Waals surface area contributed by atoms with E-state index in [1.807, 2.05) is 14.0 Å². The monoisotopic (exact) mass is 278 g/mol. The average molecular weight is 278 g/mol. The molecule has 1 aliphatic rings. The highest BCUT2D eigenvalue weighted by Gasteiger charge is 2.29. The van der Waals surface area contributed by atoms with Crippen LogP contribution in [0.3, 0.4) is 0 Å². The first kappa shape index (κ1) is 13.1. The second-order valence-corrected chi connectivity index (χ2v) is 4.72. The summed E-state index contributed by atoms with van der Waals surface area (Å²) in [5.41, 5.74) is 6.63. The molecule has 3 rings (SSSR count). The maximum absolute atomic E-state index is 5.93. The minimum absolute atomic E-state index is 0.00654. The quantitative estimate of drug-likeness (QED) is 0.821. The van der Waals surface area contributed by atoms with Gasteiger partial charge in [0, 0.05) is 13.7 Å². The van der Waals surface area contributed by atoms with Crippen molar-refractivity contribution in [1.82, 2.24) is 19.7 Å². The van der Waals surface area contributed by atoms with Gasteiger partial charge < -0.3 is 20.5 Å². The Balaban J connectivity index is 1.85. The molecule has 2 aromatic rings. The van der Waals surface area contributed by atoms with Crippen molar-refractivity contribution in [1.29, 1.82) is 0 Å². The molecule has 20 heavy (non-hydrogen) atoms. The highest BCUT2D eigenvalue weighted by atomic mass is 16.5. The molecule has 2 aromatic heterocycles. The molecule has 8 heteroatoms. The van der Waals surface area contributed by atoms with E-state index in [1.165, 1.54) is 0 Å². The van der Waals surface area contributed by atoms with Crippen LogP contribution in [0.1, 0.15) is 6.92 Å². The Labute approximate surface area is 116 Å². The summed E-state index contributed by atoms with van der Waals surface area (Å²) in [6, 6.07) is 0.0278. The summed E-state index contributed by atoms with van der Waals surface area (Å²) in [5, 5.41) is 8.12. The van der Waals surface area contributed by atoms with Crippen LogP contribution >= 0.6 is 0 Å². The molecular weight excluding hydrogens is 260 g/mol. The number of anilines is 2.